The second kappa shape index (κ2) is 5.60. The fourth-order valence-corrected chi connectivity index (χ4v) is 1.45. The van der Waals surface area contributed by atoms with Crippen LogP contribution < -0.4 is 0 Å². The van der Waals surface area contributed by atoms with Crippen LogP contribution in [0.5, 0.6) is 0 Å². The summed E-state index contributed by atoms with van der Waals surface area (Å²) in [5, 5.41) is 8.41. The van der Waals surface area contributed by atoms with Gasteiger partial charge in [0.15, 0.2) is 0 Å². The standard InChI is InChI=1S/C11H11BrO2/c12-10-6-3-5-9(8-10)4-1-2-7-11(13)14/h1,3-6,8H,2,7H2,(H,13,14)/b4-1-. The number of rotatable bonds is 4. The van der Waals surface area contributed by atoms with E-state index in [-0.39, 0.29) is 6.42 Å². The molecule has 0 atom stereocenters. The number of hydrogen-bond acceptors (Lipinski definition) is 1. The summed E-state index contributed by atoms with van der Waals surface area (Å²) in [6.07, 6.45) is 4.55. The van der Waals surface area contributed by atoms with E-state index >= 15 is 0 Å². The van der Waals surface area contributed by atoms with Crippen molar-refractivity contribution in [1.82, 2.24) is 0 Å². The average molecular weight is 255 g/mol. The largest absolute Gasteiger partial charge is 0.481 e. The van der Waals surface area contributed by atoms with Crippen LogP contribution in [0.25, 0.3) is 6.08 Å². The van der Waals surface area contributed by atoms with Crippen molar-refractivity contribution in [1.29, 1.82) is 0 Å². The third-order valence-corrected chi connectivity index (χ3v) is 2.18. The van der Waals surface area contributed by atoms with Crippen molar-refractivity contribution >= 4 is 28.0 Å². The molecule has 0 spiro atoms. The minimum Gasteiger partial charge on any atom is -0.481 e. The number of carboxylic acids is 1. The lowest BCUT2D eigenvalue weighted by Crippen LogP contribution is -1.91. The monoisotopic (exact) mass is 254 g/mol. The number of benzene rings is 1. The molecule has 0 unspecified atom stereocenters. The second-order valence-electron chi connectivity index (χ2n) is 2.89. The highest BCUT2D eigenvalue weighted by Gasteiger charge is 1.92. The van der Waals surface area contributed by atoms with Crippen LogP contribution in [-0.4, -0.2) is 11.1 Å². The average Bonchev–Trinajstić information content (AvgIpc) is 2.12. The fraction of sp³-hybridized carbons (Fsp3) is 0.182. The Morgan fingerprint density at radius 3 is 2.93 bits per heavy atom. The van der Waals surface area contributed by atoms with Crippen molar-refractivity contribution in [3.8, 4) is 0 Å². The van der Waals surface area contributed by atoms with E-state index in [1.54, 1.807) is 0 Å². The first kappa shape index (κ1) is 11.0. The summed E-state index contributed by atoms with van der Waals surface area (Å²) < 4.78 is 1.03. The SMILES string of the molecule is O=C(O)CC/C=C\c1cccc(Br)c1. The molecule has 1 rings (SSSR count). The van der Waals surface area contributed by atoms with Crippen molar-refractivity contribution in [2.24, 2.45) is 0 Å². The molecule has 0 aromatic heterocycles. The van der Waals surface area contributed by atoms with Crippen LogP contribution in [0.1, 0.15) is 18.4 Å². The summed E-state index contributed by atoms with van der Waals surface area (Å²) in [6.45, 7) is 0. The van der Waals surface area contributed by atoms with Gasteiger partial charge in [-0.15, -0.1) is 0 Å². The van der Waals surface area contributed by atoms with Gasteiger partial charge in [-0.2, -0.15) is 0 Å². The molecule has 0 saturated carbocycles. The van der Waals surface area contributed by atoms with Gasteiger partial charge >= 0.3 is 5.97 Å². The molecule has 0 fully saturated rings. The molecule has 0 radical (unpaired) electrons. The number of carboxylic acid groups (broad SMARTS) is 1. The van der Waals surface area contributed by atoms with Gasteiger partial charge in [0.05, 0.1) is 0 Å². The smallest absolute Gasteiger partial charge is 0.303 e. The van der Waals surface area contributed by atoms with Crippen molar-refractivity contribution in [2.45, 2.75) is 12.8 Å². The lowest BCUT2D eigenvalue weighted by Gasteiger charge is -1.93. The normalized spacial score (nSPS) is 10.6. The van der Waals surface area contributed by atoms with Crippen molar-refractivity contribution in [2.75, 3.05) is 0 Å². The van der Waals surface area contributed by atoms with E-state index in [4.69, 9.17) is 5.11 Å². The number of hydrogen-bond donors (Lipinski definition) is 1. The summed E-state index contributed by atoms with van der Waals surface area (Å²) in [6, 6.07) is 7.86. The van der Waals surface area contributed by atoms with Gasteiger partial charge in [-0.1, -0.05) is 40.2 Å². The van der Waals surface area contributed by atoms with Gasteiger partial charge < -0.3 is 5.11 Å². The highest BCUT2D eigenvalue weighted by atomic mass is 79.9. The summed E-state index contributed by atoms with van der Waals surface area (Å²) >= 11 is 3.37. The predicted octanol–water partition coefficient (Wildman–Crippen LogP) is 3.33. The maximum Gasteiger partial charge on any atom is 0.303 e. The molecule has 0 amide bonds. The number of halogens is 1. The zero-order valence-corrected chi connectivity index (χ0v) is 9.20. The Balaban J connectivity index is 2.47. The van der Waals surface area contributed by atoms with Crippen LogP contribution in [-0.2, 0) is 4.79 Å². The van der Waals surface area contributed by atoms with Gasteiger partial charge in [0.2, 0.25) is 0 Å². The van der Waals surface area contributed by atoms with E-state index in [2.05, 4.69) is 15.9 Å². The molecule has 1 aromatic carbocycles. The minimum atomic E-state index is -0.760. The summed E-state index contributed by atoms with van der Waals surface area (Å²) in [7, 11) is 0. The molecule has 0 aliphatic heterocycles. The van der Waals surface area contributed by atoms with Crippen molar-refractivity contribution < 1.29 is 9.90 Å². The van der Waals surface area contributed by atoms with Gasteiger partial charge in [0, 0.05) is 10.9 Å². The fourth-order valence-electron chi connectivity index (χ4n) is 1.04. The molecule has 0 aliphatic carbocycles. The van der Waals surface area contributed by atoms with Gasteiger partial charge in [-0.3, -0.25) is 4.79 Å². The van der Waals surface area contributed by atoms with E-state index < -0.39 is 5.97 Å². The van der Waals surface area contributed by atoms with E-state index in [0.717, 1.165) is 10.0 Å². The number of aliphatic carboxylic acids is 1. The van der Waals surface area contributed by atoms with Crippen LogP contribution in [0.3, 0.4) is 0 Å². The van der Waals surface area contributed by atoms with Gasteiger partial charge in [0.25, 0.3) is 0 Å². The molecule has 1 aromatic rings. The predicted molar refractivity (Wildman–Crippen MR) is 60.0 cm³/mol. The summed E-state index contributed by atoms with van der Waals surface area (Å²) in [5.41, 5.74) is 1.07. The molecule has 0 saturated heterocycles. The first-order valence-electron chi connectivity index (χ1n) is 4.32. The van der Waals surface area contributed by atoms with E-state index in [1.165, 1.54) is 0 Å². The Morgan fingerprint density at radius 2 is 2.29 bits per heavy atom. The van der Waals surface area contributed by atoms with Crippen molar-refractivity contribution in [3.05, 3.63) is 40.4 Å². The van der Waals surface area contributed by atoms with Crippen LogP contribution in [0.2, 0.25) is 0 Å². The zero-order valence-electron chi connectivity index (χ0n) is 7.61. The Hall–Kier alpha value is -1.09. The molecule has 0 heterocycles. The molecule has 14 heavy (non-hydrogen) atoms. The van der Waals surface area contributed by atoms with Gasteiger partial charge in [-0.25, -0.2) is 0 Å². The summed E-state index contributed by atoms with van der Waals surface area (Å²) in [5.74, 6) is -0.760. The topological polar surface area (TPSA) is 37.3 Å². The third kappa shape index (κ3) is 4.23. The number of allylic oxidation sites excluding steroid dienone is 1. The quantitative estimate of drug-likeness (QED) is 0.895. The lowest BCUT2D eigenvalue weighted by atomic mass is 10.2. The Morgan fingerprint density at radius 1 is 1.50 bits per heavy atom. The maximum absolute atomic E-state index is 10.2. The Labute approximate surface area is 91.4 Å². The molecular formula is C11H11BrO2. The zero-order chi connectivity index (χ0) is 10.4. The Bertz CT molecular complexity index is 345. The molecule has 74 valence electrons. The third-order valence-electron chi connectivity index (χ3n) is 1.68. The minimum absolute atomic E-state index is 0.185. The molecule has 1 N–H and O–H groups in total. The highest BCUT2D eigenvalue weighted by Crippen LogP contribution is 2.12. The van der Waals surface area contributed by atoms with Crippen LogP contribution in [0.15, 0.2) is 34.8 Å². The highest BCUT2D eigenvalue weighted by molar-refractivity contribution is 9.10. The molecule has 2 nitrogen and oxygen atoms in total. The first-order valence-corrected chi connectivity index (χ1v) is 5.11. The second-order valence-corrected chi connectivity index (χ2v) is 3.81. The van der Waals surface area contributed by atoms with Crippen molar-refractivity contribution in [3.63, 3.8) is 0 Å². The van der Waals surface area contributed by atoms with Gasteiger partial charge in [0.1, 0.15) is 0 Å². The van der Waals surface area contributed by atoms with Crippen LogP contribution in [0, 0.1) is 0 Å². The van der Waals surface area contributed by atoms with Gasteiger partial charge in [-0.05, 0) is 24.1 Å². The lowest BCUT2D eigenvalue weighted by molar-refractivity contribution is -0.136. The molecule has 3 heteroatoms. The maximum atomic E-state index is 10.2. The summed E-state index contributed by atoms with van der Waals surface area (Å²) in [4.78, 5) is 10.2. The van der Waals surface area contributed by atoms with Crippen LogP contribution in [0.4, 0.5) is 0 Å². The first-order chi connectivity index (χ1) is 6.68. The van der Waals surface area contributed by atoms with E-state index in [9.17, 15) is 4.79 Å². The molecule has 0 bridgehead atoms. The molecule has 0 aliphatic rings. The number of carbonyl (C=O) groups is 1. The Kier molecular flexibility index (Phi) is 4.40. The van der Waals surface area contributed by atoms with E-state index in [1.807, 2.05) is 36.4 Å². The van der Waals surface area contributed by atoms with Crippen LogP contribution >= 0.6 is 15.9 Å². The molecular weight excluding hydrogens is 244 g/mol. The van der Waals surface area contributed by atoms with E-state index in [0.29, 0.717) is 6.42 Å².